The van der Waals surface area contributed by atoms with Gasteiger partial charge in [-0.3, -0.25) is 24.1 Å². The molecule has 1 aliphatic heterocycles. The number of rotatable bonds is 9. The summed E-state index contributed by atoms with van der Waals surface area (Å²) in [4.78, 5) is 49.4. The molecule has 0 aromatic heterocycles. The van der Waals surface area contributed by atoms with E-state index < -0.39 is 5.91 Å². The average Bonchev–Trinajstić information content (AvgIpc) is 3.05. The number of amides is 3. The van der Waals surface area contributed by atoms with Crippen molar-refractivity contribution in [2.75, 3.05) is 26.8 Å². The van der Waals surface area contributed by atoms with Gasteiger partial charge in [-0.1, -0.05) is 12.1 Å². The zero-order valence-corrected chi connectivity index (χ0v) is 18.4. The van der Waals surface area contributed by atoms with E-state index in [9.17, 15) is 19.2 Å². The summed E-state index contributed by atoms with van der Waals surface area (Å²) in [6.45, 7) is 1.41. The molecule has 0 aliphatic carbocycles. The Hall–Kier alpha value is -3.59. The van der Waals surface area contributed by atoms with Gasteiger partial charge in [0.05, 0.1) is 12.0 Å². The van der Waals surface area contributed by atoms with Crippen LogP contribution in [0, 0.1) is 0 Å². The van der Waals surface area contributed by atoms with Gasteiger partial charge >= 0.3 is 0 Å². The van der Waals surface area contributed by atoms with Crippen LogP contribution in [0.2, 0.25) is 0 Å². The number of hydrogen-bond donors (Lipinski definition) is 1. The lowest BCUT2D eigenvalue weighted by atomic mass is 10.1. The monoisotopic (exact) mass is 454 g/mol. The summed E-state index contributed by atoms with van der Waals surface area (Å²) in [6, 6.07) is 13.6. The summed E-state index contributed by atoms with van der Waals surface area (Å²) in [6.07, 6.45) is 1.65. The summed E-state index contributed by atoms with van der Waals surface area (Å²) < 4.78 is 10.5. The number of carbonyl (C=O) groups excluding carboxylic acids is 4. The number of methoxy groups -OCH3 is 1. The van der Waals surface area contributed by atoms with Crippen LogP contribution in [0.5, 0.6) is 11.5 Å². The normalized spacial score (nSPS) is 14.6. The van der Waals surface area contributed by atoms with Crippen molar-refractivity contribution in [1.82, 2.24) is 10.2 Å². The second kappa shape index (κ2) is 10.6. The molecule has 2 aromatic carbocycles. The van der Waals surface area contributed by atoms with Crippen molar-refractivity contribution in [2.24, 2.45) is 0 Å². The Bertz CT molecular complexity index is 1050. The lowest BCUT2D eigenvalue weighted by Gasteiger charge is -2.13. The molecular weight excluding hydrogens is 432 g/mol. The van der Waals surface area contributed by atoms with E-state index >= 15 is 0 Å². The number of carbonyl (C=O) groups is 4. The van der Waals surface area contributed by atoms with E-state index in [1.54, 1.807) is 61.7 Å². The summed E-state index contributed by atoms with van der Waals surface area (Å²) >= 11 is 0.862. The third-order valence-electron chi connectivity index (χ3n) is 4.58. The standard InChI is InChI=1S/C23H22N2O6S/c1-15(26)17-5-9-19(10-6-17)31-14-21(27)24-11-12-25-22(28)20(32-23(25)29)13-16-3-7-18(30-2)8-4-16/h3-10,13H,11-12,14H2,1-2H3,(H,24,27). The van der Waals surface area contributed by atoms with Gasteiger partial charge in [-0.25, -0.2) is 0 Å². The smallest absolute Gasteiger partial charge is 0.293 e. The van der Waals surface area contributed by atoms with E-state index in [0.29, 0.717) is 22.0 Å². The van der Waals surface area contributed by atoms with E-state index in [1.807, 2.05) is 0 Å². The lowest BCUT2D eigenvalue weighted by molar-refractivity contribution is -0.125. The highest BCUT2D eigenvalue weighted by Gasteiger charge is 2.34. The molecule has 2 aromatic rings. The maximum atomic E-state index is 12.5. The number of ketones is 1. The fraction of sp³-hybridized carbons (Fsp3) is 0.217. The predicted molar refractivity (Wildman–Crippen MR) is 121 cm³/mol. The molecule has 32 heavy (non-hydrogen) atoms. The molecule has 9 heteroatoms. The molecular formula is C23H22N2O6S. The molecule has 1 fully saturated rings. The van der Waals surface area contributed by atoms with E-state index in [4.69, 9.17) is 9.47 Å². The molecule has 1 aliphatic rings. The molecule has 8 nitrogen and oxygen atoms in total. The Labute approximate surface area is 189 Å². The van der Waals surface area contributed by atoms with Crippen LogP contribution in [0.15, 0.2) is 53.4 Å². The fourth-order valence-corrected chi connectivity index (χ4v) is 3.70. The summed E-state index contributed by atoms with van der Waals surface area (Å²) in [5, 5.41) is 2.24. The molecule has 166 valence electrons. The van der Waals surface area contributed by atoms with Gasteiger partial charge in [0.25, 0.3) is 17.1 Å². The van der Waals surface area contributed by atoms with Crippen LogP contribution < -0.4 is 14.8 Å². The van der Waals surface area contributed by atoms with Gasteiger partial charge in [0.2, 0.25) is 0 Å². The molecule has 0 atom stereocenters. The maximum Gasteiger partial charge on any atom is 0.293 e. The van der Waals surface area contributed by atoms with Crippen LogP contribution in [0.1, 0.15) is 22.8 Å². The van der Waals surface area contributed by atoms with Crippen molar-refractivity contribution < 1.29 is 28.7 Å². The zero-order valence-electron chi connectivity index (χ0n) is 17.6. The van der Waals surface area contributed by atoms with Crippen molar-refractivity contribution >= 4 is 40.7 Å². The van der Waals surface area contributed by atoms with Crippen molar-refractivity contribution in [3.8, 4) is 11.5 Å². The Balaban J connectivity index is 1.46. The molecule has 0 unspecified atom stereocenters. The summed E-state index contributed by atoms with van der Waals surface area (Å²) in [7, 11) is 1.57. The van der Waals surface area contributed by atoms with Crippen molar-refractivity contribution in [3.05, 3.63) is 64.6 Å². The van der Waals surface area contributed by atoms with E-state index in [0.717, 1.165) is 22.2 Å². The van der Waals surface area contributed by atoms with Gasteiger partial charge in [0, 0.05) is 18.7 Å². The fourth-order valence-electron chi connectivity index (χ4n) is 2.84. The molecule has 0 saturated carbocycles. The molecule has 3 rings (SSSR count). The number of hydrogen-bond acceptors (Lipinski definition) is 7. The van der Waals surface area contributed by atoms with Gasteiger partial charge in [0.15, 0.2) is 12.4 Å². The Morgan fingerprint density at radius 3 is 2.31 bits per heavy atom. The quantitative estimate of drug-likeness (QED) is 0.459. The molecule has 0 spiro atoms. The first-order chi connectivity index (χ1) is 15.4. The van der Waals surface area contributed by atoms with Crippen molar-refractivity contribution in [2.45, 2.75) is 6.92 Å². The molecule has 0 radical (unpaired) electrons. The van der Waals surface area contributed by atoms with Crippen LogP contribution in [0.3, 0.4) is 0 Å². The molecule has 0 bridgehead atoms. The highest BCUT2D eigenvalue weighted by Crippen LogP contribution is 2.32. The number of ether oxygens (including phenoxy) is 2. The van der Waals surface area contributed by atoms with Crippen LogP contribution in [0.25, 0.3) is 6.08 Å². The van der Waals surface area contributed by atoms with Crippen LogP contribution >= 0.6 is 11.8 Å². The minimum absolute atomic E-state index is 0.0551. The Kier molecular flexibility index (Phi) is 7.67. The number of Topliss-reactive ketones (excluding diaryl/α,β-unsaturated/α-hetero) is 1. The first-order valence-corrected chi connectivity index (χ1v) is 10.6. The van der Waals surface area contributed by atoms with Gasteiger partial charge < -0.3 is 14.8 Å². The first kappa shape index (κ1) is 23.1. The molecule has 1 heterocycles. The molecule has 3 amide bonds. The Morgan fingerprint density at radius 2 is 1.69 bits per heavy atom. The number of nitrogens with zero attached hydrogens (tertiary/aromatic N) is 1. The van der Waals surface area contributed by atoms with Crippen LogP contribution in [-0.4, -0.2) is 54.5 Å². The SMILES string of the molecule is COc1ccc(C=C2SC(=O)N(CCNC(=O)COc3ccc(C(C)=O)cc3)C2=O)cc1. The predicted octanol–water partition coefficient (Wildman–Crippen LogP) is 3.13. The lowest BCUT2D eigenvalue weighted by Crippen LogP contribution is -2.38. The topological polar surface area (TPSA) is 102 Å². The summed E-state index contributed by atoms with van der Waals surface area (Å²) in [5.74, 6) is 0.316. The summed E-state index contributed by atoms with van der Waals surface area (Å²) in [5.41, 5.74) is 1.33. The van der Waals surface area contributed by atoms with Crippen LogP contribution in [-0.2, 0) is 9.59 Å². The highest BCUT2D eigenvalue weighted by molar-refractivity contribution is 8.18. The van der Waals surface area contributed by atoms with Gasteiger partial charge in [0.1, 0.15) is 11.5 Å². The van der Waals surface area contributed by atoms with Crippen molar-refractivity contribution in [1.29, 1.82) is 0 Å². The average molecular weight is 455 g/mol. The number of thioether (sulfide) groups is 1. The Morgan fingerprint density at radius 1 is 1.03 bits per heavy atom. The largest absolute Gasteiger partial charge is 0.497 e. The zero-order chi connectivity index (χ0) is 23.1. The number of nitrogens with one attached hydrogen (secondary N) is 1. The molecule has 1 saturated heterocycles. The number of benzene rings is 2. The number of imide groups is 1. The maximum absolute atomic E-state index is 12.5. The minimum atomic E-state index is -0.396. The van der Waals surface area contributed by atoms with Crippen LogP contribution in [0.4, 0.5) is 4.79 Å². The van der Waals surface area contributed by atoms with E-state index in [2.05, 4.69) is 5.32 Å². The van der Waals surface area contributed by atoms with Gasteiger partial charge in [-0.15, -0.1) is 0 Å². The third kappa shape index (κ3) is 5.98. The van der Waals surface area contributed by atoms with E-state index in [1.165, 1.54) is 6.92 Å². The third-order valence-corrected chi connectivity index (χ3v) is 5.48. The second-order valence-electron chi connectivity index (χ2n) is 6.83. The second-order valence-corrected chi connectivity index (χ2v) is 7.82. The van der Waals surface area contributed by atoms with Gasteiger partial charge in [-0.2, -0.15) is 0 Å². The minimum Gasteiger partial charge on any atom is -0.497 e. The molecule has 1 N–H and O–H groups in total. The van der Waals surface area contributed by atoms with E-state index in [-0.39, 0.29) is 36.6 Å². The first-order valence-electron chi connectivity index (χ1n) is 9.77. The van der Waals surface area contributed by atoms with Gasteiger partial charge in [-0.05, 0) is 66.7 Å². The highest BCUT2D eigenvalue weighted by atomic mass is 32.2. The van der Waals surface area contributed by atoms with Crippen molar-refractivity contribution in [3.63, 3.8) is 0 Å².